The van der Waals surface area contributed by atoms with Crippen LogP contribution in [0.25, 0.3) is 16.6 Å². The average molecular weight is 495 g/mol. The molecule has 0 unspecified atom stereocenters. The molecule has 1 N–H and O–H groups in total. The molecule has 35 heavy (non-hydrogen) atoms. The van der Waals surface area contributed by atoms with E-state index in [-0.39, 0.29) is 28.0 Å². The van der Waals surface area contributed by atoms with E-state index < -0.39 is 22.2 Å². The molecule has 0 radical (unpaired) electrons. The first-order chi connectivity index (χ1) is 16.9. The summed E-state index contributed by atoms with van der Waals surface area (Å²) in [5.74, 6) is -1.11. The Morgan fingerprint density at radius 3 is 2.66 bits per heavy atom. The third kappa shape index (κ3) is 5.14. The van der Waals surface area contributed by atoms with Gasteiger partial charge in [0.15, 0.2) is 5.16 Å². The maximum Gasteiger partial charge on any atom is 0.296 e. The molecule has 9 nitrogen and oxygen atoms in total. The fourth-order valence-corrected chi connectivity index (χ4v) is 4.20. The molecule has 11 heteroatoms. The molecule has 0 aliphatic rings. The molecular formula is C24H19FN4O5S. The van der Waals surface area contributed by atoms with Crippen LogP contribution in [0.15, 0.2) is 76.7 Å². The van der Waals surface area contributed by atoms with Gasteiger partial charge in [-0.2, -0.15) is 0 Å². The molecule has 0 fully saturated rings. The second kappa shape index (κ2) is 10.3. The number of amides is 1. The number of rotatable bonds is 8. The number of nitrogens with zero attached hydrogens (tertiary/aromatic N) is 3. The molecule has 0 saturated heterocycles. The number of nitro benzene ring substituents is 1. The van der Waals surface area contributed by atoms with Crippen molar-refractivity contribution in [1.82, 2.24) is 9.55 Å². The molecule has 1 heterocycles. The minimum atomic E-state index is -0.622. The summed E-state index contributed by atoms with van der Waals surface area (Å²) in [4.78, 5) is 41.1. The van der Waals surface area contributed by atoms with Gasteiger partial charge in [0.25, 0.3) is 11.2 Å². The minimum absolute atomic E-state index is 0.000752. The molecule has 4 aromatic rings. The summed E-state index contributed by atoms with van der Waals surface area (Å²) in [6, 6.07) is 16.5. The summed E-state index contributed by atoms with van der Waals surface area (Å²) in [5.41, 5.74) is -0.398. The molecule has 4 rings (SSSR count). The molecule has 1 amide bonds. The topological polar surface area (TPSA) is 116 Å². The van der Waals surface area contributed by atoms with Crippen LogP contribution in [0.4, 0.5) is 15.8 Å². The van der Waals surface area contributed by atoms with Crippen LogP contribution in [0.3, 0.4) is 0 Å². The largest absolute Gasteiger partial charge is 0.494 e. The monoisotopic (exact) mass is 494 g/mol. The Hall–Kier alpha value is -4.25. The Balaban J connectivity index is 1.64. The van der Waals surface area contributed by atoms with Gasteiger partial charge >= 0.3 is 0 Å². The van der Waals surface area contributed by atoms with Gasteiger partial charge in [0.05, 0.1) is 39.9 Å². The molecule has 0 aliphatic heterocycles. The SMILES string of the molecule is CCOc1ccc(NC(=O)CSc2nc3ccccc3c(=O)n2-c2ccccc2F)c([N+](=O)[O-])c1. The van der Waals surface area contributed by atoms with Gasteiger partial charge in [0, 0.05) is 0 Å². The molecule has 0 saturated carbocycles. The third-order valence-corrected chi connectivity index (χ3v) is 5.86. The van der Waals surface area contributed by atoms with E-state index >= 15 is 0 Å². The van der Waals surface area contributed by atoms with Crippen molar-refractivity contribution in [2.45, 2.75) is 12.1 Å². The lowest BCUT2D eigenvalue weighted by Gasteiger charge is -2.14. The number of aromatic nitrogens is 2. The van der Waals surface area contributed by atoms with Crippen LogP contribution in [0, 0.1) is 15.9 Å². The van der Waals surface area contributed by atoms with Crippen LogP contribution in [-0.2, 0) is 4.79 Å². The highest BCUT2D eigenvalue weighted by molar-refractivity contribution is 7.99. The first-order valence-electron chi connectivity index (χ1n) is 10.5. The van der Waals surface area contributed by atoms with E-state index in [0.29, 0.717) is 23.3 Å². The lowest BCUT2D eigenvalue weighted by atomic mass is 10.2. The van der Waals surface area contributed by atoms with Gasteiger partial charge in [0.1, 0.15) is 17.3 Å². The van der Waals surface area contributed by atoms with Crippen LogP contribution in [-0.4, -0.2) is 32.7 Å². The number of benzene rings is 3. The number of para-hydroxylation sites is 2. The quantitative estimate of drug-likeness (QED) is 0.165. The fourth-order valence-electron chi connectivity index (χ4n) is 3.40. The maximum absolute atomic E-state index is 14.6. The van der Waals surface area contributed by atoms with Gasteiger partial charge in [-0.1, -0.05) is 36.0 Å². The van der Waals surface area contributed by atoms with Gasteiger partial charge in [-0.05, 0) is 43.3 Å². The zero-order valence-corrected chi connectivity index (χ0v) is 19.3. The van der Waals surface area contributed by atoms with Crippen molar-refractivity contribution in [2.75, 3.05) is 17.7 Å². The third-order valence-electron chi connectivity index (χ3n) is 4.92. The zero-order valence-electron chi connectivity index (χ0n) is 18.4. The Morgan fingerprint density at radius 2 is 1.91 bits per heavy atom. The molecule has 0 spiro atoms. The number of anilines is 1. The molecule has 1 aromatic heterocycles. The van der Waals surface area contributed by atoms with E-state index in [9.17, 15) is 24.1 Å². The number of nitrogens with one attached hydrogen (secondary N) is 1. The second-order valence-corrected chi connectivity index (χ2v) is 8.15. The number of ether oxygens (including phenoxy) is 1. The molecule has 0 atom stereocenters. The lowest BCUT2D eigenvalue weighted by molar-refractivity contribution is -0.384. The van der Waals surface area contributed by atoms with Crippen molar-refractivity contribution >= 4 is 39.9 Å². The summed E-state index contributed by atoms with van der Waals surface area (Å²) in [6.45, 7) is 2.09. The summed E-state index contributed by atoms with van der Waals surface area (Å²) in [5, 5.41) is 14.4. The first kappa shape index (κ1) is 23.9. The molecule has 178 valence electrons. The van der Waals surface area contributed by atoms with Gasteiger partial charge in [0.2, 0.25) is 5.91 Å². The second-order valence-electron chi connectivity index (χ2n) is 7.21. The van der Waals surface area contributed by atoms with E-state index in [1.807, 2.05) is 0 Å². The summed E-state index contributed by atoms with van der Waals surface area (Å²) in [6.07, 6.45) is 0. The Morgan fingerprint density at radius 1 is 1.17 bits per heavy atom. The number of carbonyl (C=O) groups excluding carboxylic acids is 1. The van der Waals surface area contributed by atoms with Crippen molar-refractivity contribution in [3.63, 3.8) is 0 Å². The minimum Gasteiger partial charge on any atom is -0.494 e. The number of halogens is 1. The zero-order chi connectivity index (χ0) is 24.9. The van der Waals surface area contributed by atoms with Crippen molar-refractivity contribution in [3.05, 3.63) is 93.0 Å². The number of carbonyl (C=O) groups is 1. The number of hydrogen-bond donors (Lipinski definition) is 1. The van der Waals surface area contributed by atoms with Crippen LogP contribution < -0.4 is 15.6 Å². The van der Waals surface area contributed by atoms with Crippen LogP contribution in [0.2, 0.25) is 0 Å². The van der Waals surface area contributed by atoms with Gasteiger partial charge in [-0.3, -0.25) is 24.3 Å². The maximum atomic E-state index is 14.6. The van der Waals surface area contributed by atoms with Crippen molar-refractivity contribution in [1.29, 1.82) is 0 Å². The smallest absolute Gasteiger partial charge is 0.296 e. The Labute approximate surface area is 202 Å². The highest BCUT2D eigenvalue weighted by Crippen LogP contribution is 2.30. The summed E-state index contributed by atoms with van der Waals surface area (Å²) < 4.78 is 21.0. The molecular weight excluding hydrogens is 475 g/mol. The van der Waals surface area contributed by atoms with Crippen molar-refractivity contribution < 1.29 is 18.8 Å². The van der Waals surface area contributed by atoms with E-state index in [0.717, 1.165) is 16.3 Å². The van der Waals surface area contributed by atoms with E-state index in [2.05, 4.69) is 10.3 Å². The van der Waals surface area contributed by atoms with Crippen molar-refractivity contribution in [3.8, 4) is 11.4 Å². The van der Waals surface area contributed by atoms with Gasteiger partial charge in [-0.15, -0.1) is 0 Å². The number of thioether (sulfide) groups is 1. The highest BCUT2D eigenvalue weighted by atomic mass is 32.2. The van der Waals surface area contributed by atoms with E-state index in [1.165, 1.54) is 36.4 Å². The predicted molar refractivity (Wildman–Crippen MR) is 131 cm³/mol. The highest BCUT2D eigenvalue weighted by Gasteiger charge is 2.20. The summed E-state index contributed by atoms with van der Waals surface area (Å²) >= 11 is 0.911. The standard InChI is InChI=1S/C24H19FN4O5S/c1-2-34-15-11-12-19(21(13-15)29(32)33)26-22(30)14-35-24-27-18-9-5-3-7-16(18)23(31)28(24)20-10-6-4-8-17(20)25/h3-13H,2,14H2,1H3,(H,26,30). The number of nitro groups is 1. The van der Waals surface area contributed by atoms with Crippen LogP contribution in [0.5, 0.6) is 5.75 Å². The normalized spacial score (nSPS) is 10.8. The summed E-state index contributed by atoms with van der Waals surface area (Å²) in [7, 11) is 0. The number of fused-ring (bicyclic) bond motifs is 1. The lowest BCUT2D eigenvalue weighted by Crippen LogP contribution is -2.23. The van der Waals surface area contributed by atoms with E-state index in [1.54, 1.807) is 37.3 Å². The van der Waals surface area contributed by atoms with Crippen molar-refractivity contribution in [2.24, 2.45) is 0 Å². The molecule has 0 aliphatic carbocycles. The van der Waals surface area contributed by atoms with E-state index in [4.69, 9.17) is 4.74 Å². The van der Waals surface area contributed by atoms with Gasteiger partial charge < -0.3 is 10.1 Å². The van der Waals surface area contributed by atoms with Gasteiger partial charge in [-0.25, -0.2) is 9.37 Å². The fraction of sp³-hybridized carbons (Fsp3) is 0.125. The molecule has 0 bridgehead atoms. The first-order valence-corrected chi connectivity index (χ1v) is 11.5. The predicted octanol–water partition coefficient (Wildman–Crippen LogP) is 4.56. The Bertz CT molecular complexity index is 1490. The average Bonchev–Trinajstić information content (AvgIpc) is 2.84. The van der Waals surface area contributed by atoms with Crippen LogP contribution >= 0.6 is 11.8 Å². The number of hydrogen-bond acceptors (Lipinski definition) is 7. The molecule has 3 aromatic carbocycles. The Kier molecular flexibility index (Phi) is 7.06. The van der Waals surface area contributed by atoms with Crippen LogP contribution in [0.1, 0.15) is 6.92 Å².